The summed E-state index contributed by atoms with van der Waals surface area (Å²) in [6.07, 6.45) is 2.15. The van der Waals surface area contributed by atoms with Crippen LogP contribution < -0.4 is 10.5 Å². The van der Waals surface area contributed by atoms with Gasteiger partial charge in [0.25, 0.3) is 0 Å². The van der Waals surface area contributed by atoms with Crippen LogP contribution in [0.15, 0.2) is 18.2 Å². The van der Waals surface area contributed by atoms with Gasteiger partial charge >= 0.3 is 0 Å². The normalized spacial score (nSPS) is 23.3. The highest BCUT2D eigenvalue weighted by molar-refractivity contribution is 6.31. The first-order chi connectivity index (χ1) is 9.97. The molecule has 2 atom stereocenters. The van der Waals surface area contributed by atoms with Crippen molar-refractivity contribution in [3.8, 4) is 5.75 Å². The molecule has 1 heterocycles. The second-order valence-electron chi connectivity index (χ2n) is 5.75. The number of carbonyl (C=O) groups is 1. The van der Waals surface area contributed by atoms with Crippen molar-refractivity contribution in [1.29, 1.82) is 0 Å². The van der Waals surface area contributed by atoms with Crippen molar-refractivity contribution in [3.63, 3.8) is 0 Å². The van der Waals surface area contributed by atoms with Gasteiger partial charge in [0.1, 0.15) is 5.75 Å². The largest absolute Gasteiger partial charge is 0.496 e. The second kappa shape index (κ2) is 6.67. The second-order valence-corrected chi connectivity index (χ2v) is 6.16. The van der Waals surface area contributed by atoms with Crippen molar-refractivity contribution in [2.24, 2.45) is 5.73 Å². The van der Waals surface area contributed by atoms with Crippen LogP contribution in [-0.4, -0.2) is 30.0 Å². The Bertz CT molecular complexity index is 519. The van der Waals surface area contributed by atoms with Crippen LogP contribution in [0.2, 0.25) is 5.02 Å². The SMILES string of the molecule is COc1cccc(Cl)c1C1C(N)CCCC(=O)N1C(C)C. The summed E-state index contributed by atoms with van der Waals surface area (Å²) in [7, 11) is 1.61. The maximum absolute atomic E-state index is 12.5. The van der Waals surface area contributed by atoms with E-state index >= 15 is 0 Å². The van der Waals surface area contributed by atoms with Gasteiger partial charge in [-0.2, -0.15) is 0 Å². The van der Waals surface area contributed by atoms with Crippen LogP contribution in [-0.2, 0) is 4.79 Å². The Morgan fingerprint density at radius 2 is 2.14 bits per heavy atom. The van der Waals surface area contributed by atoms with Gasteiger partial charge in [-0.05, 0) is 38.8 Å². The van der Waals surface area contributed by atoms with Gasteiger partial charge in [0.15, 0.2) is 0 Å². The number of rotatable bonds is 3. The van der Waals surface area contributed by atoms with Crippen LogP contribution in [0.3, 0.4) is 0 Å². The average Bonchev–Trinajstić information content (AvgIpc) is 2.57. The number of carbonyl (C=O) groups excluding carboxylic acids is 1. The highest BCUT2D eigenvalue weighted by Gasteiger charge is 2.37. The molecule has 116 valence electrons. The molecule has 1 aliphatic rings. The van der Waals surface area contributed by atoms with E-state index in [0.717, 1.165) is 18.4 Å². The number of hydrogen-bond acceptors (Lipinski definition) is 3. The fraction of sp³-hybridized carbons (Fsp3) is 0.562. The summed E-state index contributed by atoms with van der Waals surface area (Å²) in [6, 6.07) is 5.19. The zero-order chi connectivity index (χ0) is 15.6. The zero-order valence-corrected chi connectivity index (χ0v) is 13.6. The number of likely N-dealkylation sites (tertiary alicyclic amines) is 1. The van der Waals surface area contributed by atoms with Crippen LogP contribution >= 0.6 is 11.6 Å². The Kier molecular flexibility index (Phi) is 5.12. The molecule has 1 fully saturated rings. The molecule has 0 spiro atoms. The van der Waals surface area contributed by atoms with Crippen molar-refractivity contribution in [2.45, 2.75) is 51.2 Å². The van der Waals surface area contributed by atoms with Crippen molar-refractivity contribution >= 4 is 17.5 Å². The average molecular weight is 311 g/mol. The molecule has 1 aliphatic heterocycles. The van der Waals surface area contributed by atoms with Gasteiger partial charge in [-0.3, -0.25) is 4.79 Å². The van der Waals surface area contributed by atoms with Crippen LogP contribution in [0, 0.1) is 0 Å². The highest BCUT2D eigenvalue weighted by Crippen LogP contribution is 2.40. The quantitative estimate of drug-likeness (QED) is 0.933. The highest BCUT2D eigenvalue weighted by atomic mass is 35.5. The Hall–Kier alpha value is -1.26. The van der Waals surface area contributed by atoms with Gasteiger partial charge in [0.05, 0.1) is 13.2 Å². The molecule has 2 rings (SSSR count). The lowest BCUT2D eigenvalue weighted by molar-refractivity contribution is -0.135. The molecule has 0 bridgehead atoms. The molecule has 21 heavy (non-hydrogen) atoms. The minimum Gasteiger partial charge on any atom is -0.496 e. The molecule has 1 aromatic carbocycles. The molecular formula is C16H23ClN2O2. The summed E-state index contributed by atoms with van der Waals surface area (Å²) in [5.74, 6) is 0.813. The number of ether oxygens (including phenoxy) is 1. The van der Waals surface area contributed by atoms with Crippen LogP contribution in [0.25, 0.3) is 0 Å². The molecule has 1 saturated heterocycles. The minimum atomic E-state index is -0.247. The first-order valence-electron chi connectivity index (χ1n) is 7.36. The maximum atomic E-state index is 12.5. The fourth-order valence-corrected chi connectivity index (χ4v) is 3.36. The van der Waals surface area contributed by atoms with E-state index in [-0.39, 0.29) is 24.0 Å². The van der Waals surface area contributed by atoms with E-state index in [9.17, 15) is 4.79 Å². The van der Waals surface area contributed by atoms with E-state index in [4.69, 9.17) is 22.1 Å². The number of nitrogens with two attached hydrogens (primary N) is 1. The van der Waals surface area contributed by atoms with Gasteiger partial charge < -0.3 is 15.4 Å². The summed E-state index contributed by atoms with van der Waals surface area (Å²) in [5, 5.41) is 0.593. The third-order valence-corrected chi connectivity index (χ3v) is 4.34. The minimum absolute atomic E-state index is 0.0626. The van der Waals surface area contributed by atoms with E-state index in [0.29, 0.717) is 17.2 Å². The lowest BCUT2D eigenvalue weighted by Gasteiger charge is -2.37. The Balaban J connectivity index is 2.57. The summed E-state index contributed by atoms with van der Waals surface area (Å²) >= 11 is 6.40. The van der Waals surface area contributed by atoms with Gasteiger partial charge in [-0.1, -0.05) is 17.7 Å². The van der Waals surface area contributed by atoms with Gasteiger partial charge in [0, 0.05) is 29.1 Å². The number of benzene rings is 1. The standard InChI is InChI=1S/C16H23ClN2O2/c1-10(2)19-14(20)9-5-7-12(18)16(19)15-11(17)6-4-8-13(15)21-3/h4,6,8,10,12,16H,5,7,9,18H2,1-3H3. The number of methoxy groups -OCH3 is 1. The fourth-order valence-electron chi connectivity index (χ4n) is 3.08. The Morgan fingerprint density at radius 1 is 1.43 bits per heavy atom. The smallest absolute Gasteiger partial charge is 0.223 e. The predicted octanol–water partition coefficient (Wildman–Crippen LogP) is 3.14. The summed E-state index contributed by atoms with van der Waals surface area (Å²) in [5.41, 5.74) is 7.20. The van der Waals surface area contributed by atoms with Crippen molar-refractivity contribution in [2.75, 3.05) is 7.11 Å². The lowest BCUT2D eigenvalue weighted by atomic mass is 9.94. The van der Waals surface area contributed by atoms with E-state index in [1.807, 2.05) is 36.9 Å². The number of hydrogen-bond donors (Lipinski definition) is 1. The molecule has 4 nitrogen and oxygen atoms in total. The van der Waals surface area contributed by atoms with E-state index in [1.54, 1.807) is 7.11 Å². The molecule has 0 aliphatic carbocycles. The molecule has 1 aromatic rings. The third-order valence-electron chi connectivity index (χ3n) is 4.01. The molecule has 2 N–H and O–H groups in total. The molecular weight excluding hydrogens is 288 g/mol. The van der Waals surface area contributed by atoms with Crippen LogP contribution in [0.5, 0.6) is 5.75 Å². The summed E-state index contributed by atoms with van der Waals surface area (Å²) in [4.78, 5) is 14.3. The first kappa shape index (κ1) is 16.1. The van der Waals surface area contributed by atoms with Crippen molar-refractivity contribution in [3.05, 3.63) is 28.8 Å². The monoisotopic (exact) mass is 310 g/mol. The topological polar surface area (TPSA) is 55.6 Å². The lowest BCUT2D eigenvalue weighted by Crippen LogP contribution is -2.46. The molecule has 5 heteroatoms. The predicted molar refractivity (Wildman–Crippen MR) is 84.6 cm³/mol. The number of halogens is 1. The van der Waals surface area contributed by atoms with Gasteiger partial charge in [-0.25, -0.2) is 0 Å². The van der Waals surface area contributed by atoms with Crippen LogP contribution in [0.1, 0.15) is 44.7 Å². The third kappa shape index (κ3) is 3.16. The molecule has 2 unspecified atom stereocenters. The number of nitrogens with zero attached hydrogens (tertiary/aromatic N) is 1. The zero-order valence-electron chi connectivity index (χ0n) is 12.8. The Morgan fingerprint density at radius 3 is 2.76 bits per heavy atom. The van der Waals surface area contributed by atoms with Crippen molar-refractivity contribution < 1.29 is 9.53 Å². The van der Waals surface area contributed by atoms with Gasteiger partial charge in [0.2, 0.25) is 5.91 Å². The molecule has 0 radical (unpaired) electrons. The van der Waals surface area contributed by atoms with Gasteiger partial charge in [-0.15, -0.1) is 0 Å². The Labute approximate surface area is 131 Å². The van der Waals surface area contributed by atoms with Crippen molar-refractivity contribution in [1.82, 2.24) is 4.90 Å². The van der Waals surface area contributed by atoms with E-state index in [2.05, 4.69) is 0 Å². The summed E-state index contributed by atoms with van der Waals surface area (Å²) in [6.45, 7) is 4.01. The first-order valence-corrected chi connectivity index (χ1v) is 7.74. The maximum Gasteiger partial charge on any atom is 0.223 e. The summed E-state index contributed by atoms with van der Waals surface area (Å²) < 4.78 is 5.45. The number of amides is 1. The van der Waals surface area contributed by atoms with E-state index in [1.165, 1.54) is 0 Å². The van der Waals surface area contributed by atoms with Crippen LogP contribution in [0.4, 0.5) is 0 Å². The molecule has 0 saturated carbocycles. The molecule has 1 amide bonds. The molecule has 0 aromatic heterocycles. The van der Waals surface area contributed by atoms with E-state index < -0.39 is 0 Å².